The van der Waals surface area contributed by atoms with E-state index in [0.29, 0.717) is 11.8 Å². The molecule has 0 atom stereocenters. The van der Waals surface area contributed by atoms with Gasteiger partial charge in [0.2, 0.25) is 11.7 Å². The molecule has 1 aromatic rings. The number of carbonyl (C=O) groups excluding carboxylic acids is 1. The summed E-state index contributed by atoms with van der Waals surface area (Å²) in [6, 6.07) is 0. The third kappa shape index (κ3) is 1.68. The SMILES string of the molecule is O=C(c1nnc(C2CCCC2)o1)C1CC1. The van der Waals surface area contributed by atoms with Crippen molar-refractivity contribution in [1.29, 1.82) is 0 Å². The number of nitrogens with zero attached hydrogens (tertiary/aromatic N) is 2. The Balaban J connectivity index is 1.77. The zero-order valence-electron chi connectivity index (χ0n) is 8.61. The first-order valence-corrected chi connectivity index (χ1v) is 5.72. The van der Waals surface area contributed by atoms with Crippen LogP contribution in [0.4, 0.5) is 0 Å². The van der Waals surface area contributed by atoms with E-state index in [-0.39, 0.29) is 17.6 Å². The molecule has 0 radical (unpaired) electrons. The lowest BCUT2D eigenvalue weighted by atomic mass is 10.1. The molecular formula is C11H14N2O2. The number of carbonyl (C=O) groups is 1. The standard InChI is InChI=1S/C11H14N2O2/c14-9(7-5-6-7)11-13-12-10(15-11)8-3-1-2-4-8/h7-8H,1-6H2. The van der Waals surface area contributed by atoms with Crippen LogP contribution in [-0.2, 0) is 0 Å². The van der Waals surface area contributed by atoms with E-state index in [4.69, 9.17) is 4.42 Å². The summed E-state index contributed by atoms with van der Waals surface area (Å²) < 4.78 is 5.46. The lowest BCUT2D eigenvalue weighted by Gasteiger charge is -1.99. The van der Waals surface area contributed by atoms with Gasteiger partial charge in [-0.15, -0.1) is 10.2 Å². The molecule has 2 aliphatic carbocycles. The van der Waals surface area contributed by atoms with Gasteiger partial charge in [0.1, 0.15) is 0 Å². The van der Waals surface area contributed by atoms with E-state index in [1.165, 1.54) is 12.8 Å². The molecule has 2 fully saturated rings. The third-order valence-corrected chi connectivity index (χ3v) is 3.30. The molecular weight excluding hydrogens is 192 g/mol. The van der Waals surface area contributed by atoms with Crippen molar-refractivity contribution in [2.24, 2.45) is 5.92 Å². The number of aromatic nitrogens is 2. The summed E-state index contributed by atoms with van der Waals surface area (Å²) in [4.78, 5) is 11.6. The van der Waals surface area contributed by atoms with Gasteiger partial charge < -0.3 is 4.42 Å². The predicted octanol–water partition coefficient (Wildman–Crippen LogP) is 2.32. The fraction of sp³-hybridized carbons (Fsp3) is 0.727. The molecule has 80 valence electrons. The van der Waals surface area contributed by atoms with Crippen molar-refractivity contribution in [2.45, 2.75) is 44.4 Å². The molecule has 0 spiro atoms. The highest BCUT2D eigenvalue weighted by Crippen LogP contribution is 2.35. The van der Waals surface area contributed by atoms with Gasteiger partial charge in [0.05, 0.1) is 0 Å². The smallest absolute Gasteiger partial charge is 0.284 e. The highest BCUT2D eigenvalue weighted by atomic mass is 16.4. The molecule has 2 aliphatic rings. The van der Waals surface area contributed by atoms with Gasteiger partial charge in [-0.2, -0.15) is 0 Å². The van der Waals surface area contributed by atoms with Crippen molar-refractivity contribution in [2.75, 3.05) is 0 Å². The lowest BCUT2D eigenvalue weighted by molar-refractivity contribution is 0.0931. The van der Waals surface area contributed by atoms with Crippen LogP contribution in [-0.4, -0.2) is 16.0 Å². The van der Waals surface area contributed by atoms with Crippen LogP contribution in [0.2, 0.25) is 0 Å². The fourth-order valence-corrected chi connectivity index (χ4v) is 2.19. The molecule has 0 saturated heterocycles. The largest absolute Gasteiger partial charge is 0.418 e. The van der Waals surface area contributed by atoms with Crippen LogP contribution in [0.3, 0.4) is 0 Å². The highest BCUT2D eigenvalue weighted by molar-refractivity contribution is 5.95. The maximum absolute atomic E-state index is 11.6. The van der Waals surface area contributed by atoms with Crippen molar-refractivity contribution < 1.29 is 9.21 Å². The van der Waals surface area contributed by atoms with E-state index in [2.05, 4.69) is 10.2 Å². The Labute approximate surface area is 88.1 Å². The molecule has 15 heavy (non-hydrogen) atoms. The average molecular weight is 206 g/mol. The Hall–Kier alpha value is -1.19. The van der Waals surface area contributed by atoms with Gasteiger partial charge in [-0.1, -0.05) is 12.8 Å². The molecule has 4 heteroatoms. The zero-order valence-corrected chi connectivity index (χ0v) is 8.61. The van der Waals surface area contributed by atoms with Crippen LogP contribution in [0.1, 0.15) is 61.0 Å². The molecule has 0 amide bonds. The first kappa shape index (κ1) is 9.07. The summed E-state index contributed by atoms with van der Waals surface area (Å²) in [7, 11) is 0. The number of Topliss-reactive ketones (excluding diaryl/α,β-unsaturated/α-hetero) is 1. The van der Waals surface area contributed by atoms with Crippen LogP contribution >= 0.6 is 0 Å². The predicted molar refractivity (Wildman–Crippen MR) is 52.6 cm³/mol. The number of ketones is 1. The monoisotopic (exact) mass is 206 g/mol. The molecule has 4 nitrogen and oxygen atoms in total. The number of rotatable bonds is 3. The summed E-state index contributed by atoms with van der Waals surface area (Å²) in [5.41, 5.74) is 0. The second-order valence-electron chi connectivity index (χ2n) is 4.57. The fourth-order valence-electron chi connectivity index (χ4n) is 2.19. The normalized spacial score (nSPS) is 22.1. The Morgan fingerprint density at radius 1 is 1.13 bits per heavy atom. The molecule has 3 rings (SSSR count). The van der Waals surface area contributed by atoms with E-state index in [1.54, 1.807) is 0 Å². The second-order valence-corrected chi connectivity index (χ2v) is 4.57. The quantitative estimate of drug-likeness (QED) is 0.712. The molecule has 1 aromatic heterocycles. The van der Waals surface area contributed by atoms with Gasteiger partial charge in [-0.3, -0.25) is 4.79 Å². The van der Waals surface area contributed by atoms with E-state index in [9.17, 15) is 4.79 Å². The lowest BCUT2D eigenvalue weighted by Crippen LogP contribution is -2.01. The minimum Gasteiger partial charge on any atom is -0.418 e. The first-order valence-electron chi connectivity index (χ1n) is 5.72. The van der Waals surface area contributed by atoms with E-state index in [0.717, 1.165) is 25.7 Å². The van der Waals surface area contributed by atoms with Crippen molar-refractivity contribution in [1.82, 2.24) is 10.2 Å². The van der Waals surface area contributed by atoms with Crippen LogP contribution in [0.15, 0.2) is 4.42 Å². The van der Waals surface area contributed by atoms with Crippen molar-refractivity contribution >= 4 is 5.78 Å². The highest BCUT2D eigenvalue weighted by Gasteiger charge is 2.34. The Bertz CT molecular complexity index is 376. The molecule has 1 heterocycles. The van der Waals surface area contributed by atoms with E-state index >= 15 is 0 Å². The van der Waals surface area contributed by atoms with Crippen molar-refractivity contribution in [3.63, 3.8) is 0 Å². The molecule has 2 saturated carbocycles. The van der Waals surface area contributed by atoms with E-state index in [1.807, 2.05) is 0 Å². The molecule has 0 unspecified atom stereocenters. The van der Waals surface area contributed by atoms with Crippen LogP contribution in [0.25, 0.3) is 0 Å². The summed E-state index contributed by atoms with van der Waals surface area (Å²) in [5, 5.41) is 7.85. The van der Waals surface area contributed by atoms with Crippen LogP contribution < -0.4 is 0 Å². The van der Waals surface area contributed by atoms with Gasteiger partial charge in [0.15, 0.2) is 0 Å². The van der Waals surface area contributed by atoms with Gasteiger partial charge in [0, 0.05) is 11.8 Å². The second kappa shape index (κ2) is 3.43. The Kier molecular flexibility index (Phi) is 2.08. The molecule has 0 N–H and O–H groups in total. The van der Waals surface area contributed by atoms with Crippen molar-refractivity contribution in [3.05, 3.63) is 11.8 Å². The summed E-state index contributed by atoms with van der Waals surface area (Å²) in [6.45, 7) is 0. The van der Waals surface area contributed by atoms with Gasteiger partial charge in [-0.05, 0) is 25.7 Å². The Morgan fingerprint density at radius 3 is 2.53 bits per heavy atom. The summed E-state index contributed by atoms with van der Waals surface area (Å²) >= 11 is 0. The first-order chi connectivity index (χ1) is 7.34. The maximum atomic E-state index is 11.6. The van der Waals surface area contributed by atoms with Crippen LogP contribution in [0.5, 0.6) is 0 Å². The van der Waals surface area contributed by atoms with E-state index < -0.39 is 0 Å². The molecule has 0 aliphatic heterocycles. The van der Waals surface area contributed by atoms with Crippen molar-refractivity contribution in [3.8, 4) is 0 Å². The Morgan fingerprint density at radius 2 is 1.87 bits per heavy atom. The van der Waals surface area contributed by atoms with Crippen LogP contribution in [0, 0.1) is 5.92 Å². The topological polar surface area (TPSA) is 56.0 Å². The zero-order chi connectivity index (χ0) is 10.3. The van der Waals surface area contributed by atoms with Gasteiger partial charge >= 0.3 is 0 Å². The van der Waals surface area contributed by atoms with Gasteiger partial charge in [0.25, 0.3) is 5.89 Å². The summed E-state index contributed by atoms with van der Waals surface area (Å²) in [5.74, 6) is 1.53. The molecule has 0 aromatic carbocycles. The van der Waals surface area contributed by atoms with Gasteiger partial charge in [-0.25, -0.2) is 0 Å². The maximum Gasteiger partial charge on any atom is 0.284 e. The number of hydrogen-bond acceptors (Lipinski definition) is 4. The number of hydrogen-bond donors (Lipinski definition) is 0. The summed E-state index contributed by atoms with van der Waals surface area (Å²) in [6.07, 6.45) is 6.69. The minimum atomic E-state index is 0.0479. The minimum absolute atomic E-state index is 0.0479. The molecule has 0 bridgehead atoms. The average Bonchev–Trinajstić information content (AvgIpc) is 2.80. The third-order valence-electron chi connectivity index (χ3n) is 3.30.